The first-order chi connectivity index (χ1) is 13.3. The van der Waals surface area contributed by atoms with Gasteiger partial charge in [0.05, 0.1) is 5.56 Å². The van der Waals surface area contributed by atoms with E-state index in [1.54, 1.807) is 0 Å². The first-order valence-corrected chi connectivity index (χ1v) is 7.97. The van der Waals surface area contributed by atoms with Crippen molar-refractivity contribution >= 4 is 5.97 Å². The Balaban J connectivity index is 2.02. The fourth-order valence-electron chi connectivity index (χ4n) is 2.72. The van der Waals surface area contributed by atoms with Crippen molar-refractivity contribution in [2.75, 3.05) is 0 Å². The first kappa shape index (κ1) is 19.1. The van der Waals surface area contributed by atoms with Crippen molar-refractivity contribution in [2.24, 2.45) is 0 Å². The third kappa shape index (κ3) is 3.71. The number of nitrogens with zero attached hydrogens (tertiary/aromatic N) is 1. The molecule has 0 spiro atoms. The SMILES string of the molecule is CC(=O)Oc1ccc(-c2cc(F)c(-c3cc(F)c(C#N)c(F)c3)c(F)c2)cc1. The molecule has 0 saturated heterocycles. The summed E-state index contributed by atoms with van der Waals surface area (Å²) >= 11 is 0. The van der Waals surface area contributed by atoms with Crippen molar-refractivity contribution in [3.05, 3.63) is 77.4 Å². The molecule has 0 aliphatic carbocycles. The van der Waals surface area contributed by atoms with Crippen molar-refractivity contribution in [1.29, 1.82) is 5.26 Å². The van der Waals surface area contributed by atoms with Crippen LogP contribution in [0.1, 0.15) is 12.5 Å². The summed E-state index contributed by atoms with van der Waals surface area (Å²) in [6.07, 6.45) is 0. The number of nitriles is 1. The lowest BCUT2D eigenvalue weighted by molar-refractivity contribution is -0.131. The zero-order valence-corrected chi connectivity index (χ0v) is 14.4. The lowest BCUT2D eigenvalue weighted by Crippen LogP contribution is -2.00. The van der Waals surface area contributed by atoms with Gasteiger partial charge in [0.1, 0.15) is 40.7 Å². The number of halogens is 4. The van der Waals surface area contributed by atoms with Gasteiger partial charge >= 0.3 is 5.97 Å². The van der Waals surface area contributed by atoms with Crippen LogP contribution in [-0.2, 0) is 4.79 Å². The molecule has 0 aliphatic heterocycles. The predicted octanol–water partition coefficient (Wildman–Crippen LogP) is 5.37. The molecule has 0 N–H and O–H groups in total. The maximum absolute atomic E-state index is 14.6. The summed E-state index contributed by atoms with van der Waals surface area (Å²) in [6, 6.07) is 10.7. The zero-order chi connectivity index (χ0) is 20.4. The molecule has 0 unspecified atom stereocenters. The van der Waals surface area contributed by atoms with E-state index in [1.807, 2.05) is 0 Å². The molecule has 0 heterocycles. The van der Waals surface area contributed by atoms with Crippen LogP contribution in [0.4, 0.5) is 17.6 Å². The molecule has 0 amide bonds. The average Bonchev–Trinajstić information content (AvgIpc) is 2.61. The van der Waals surface area contributed by atoms with Crippen molar-refractivity contribution in [3.8, 4) is 34.1 Å². The van der Waals surface area contributed by atoms with Crippen LogP contribution in [0.3, 0.4) is 0 Å². The first-order valence-electron chi connectivity index (χ1n) is 7.97. The molecule has 7 heteroatoms. The largest absolute Gasteiger partial charge is 0.427 e. The van der Waals surface area contributed by atoms with E-state index in [4.69, 9.17) is 10.00 Å². The van der Waals surface area contributed by atoms with Gasteiger partial charge in [-0.25, -0.2) is 17.6 Å². The van der Waals surface area contributed by atoms with Crippen molar-refractivity contribution in [3.63, 3.8) is 0 Å². The summed E-state index contributed by atoms with van der Waals surface area (Å²) in [4.78, 5) is 10.9. The maximum Gasteiger partial charge on any atom is 0.308 e. The standard InChI is InChI=1S/C21H11F4NO2/c1-11(27)28-15-4-2-12(3-5-15)13-6-19(24)21(20(25)7-13)14-8-17(22)16(10-26)18(23)9-14/h2-9H,1H3. The number of ether oxygens (including phenoxy) is 1. The van der Waals surface area contributed by atoms with E-state index in [9.17, 15) is 22.4 Å². The van der Waals surface area contributed by atoms with Gasteiger partial charge < -0.3 is 4.74 Å². The molecule has 0 saturated carbocycles. The minimum atomic E-state index is -1.21. The molecule has 0 bridgehead atoms. The molecule has 3 aromatic carbocycles. The summed E-state index contributed by atoms with van der Waals surface area (Å²) in [7, 11) is 0. The Morgan fingerprint density at radius 2 is 1.32 bits per heavy atom. The number of carbonyl (C=O) groups is 1. The summed E-state index contributed by atoms with van der Waals surface area (Å²) in [6.45, 7) is 1.24. The lowest BCUT2D eigenvalue weighted by atomic mass is 9.97. The van der Waals surface area contributed by atoms with Gasteiger partial charge in [0, 0.05) is 6.92 Å². The molecule has 3 nitrogen and oxygen atoms in total. The molecule has 0 radical (unpaired) electrons. The second kappa shape index (κ2) is 7.53. The third-order valence-electron chi connectivity index (χ3n) is 3.93. The van der Waals surface area contributed by atoms with Gasteiger partial charge in [0.25, 0.3) is 0 Å². The van der Waals surface area contributed by atoms with Crippen LogP contribution in [0, 0.1) is 34.6 Å². The number of benzene rings is 3. The van der Waals surface area contributed by atoms with Crippen LogP contribution in [0.5, 0.6) is 5.75 Å². The van der Waals surface area contributed by atoms with Crippen LogP contribution < -0.4 is 4.74 Å². The third-order valence-corrected chi connectivity index (χ3v) is 3.93. The number of hydrogen-bond donors (Lipinski definition) is 0. The van der Waals surface area contributed by atoms with Crippen LogP contribution >= 0.6 is 0 Å². The summed E-state index contributed by atoms with van der Waals surface area (Å²) in [5.41, 5.74) is -1.17. The fraction of sp³-hybridized carbons (Fsp3) is 0.0476. The van der Waals surface area contributed by atoms with E-state index in [0.29, 0.717) is 17.7 Å². The van der Waals surface area contributed by atoms with Crippen LogP contribution in [0.2, 0.25) is 0 Å². The number of hydrogen-bond acceptors (Lipinski definition) is 3. The molecule has 3 aromatic rings. The summed E-state index contributed by atoms with van der Waals surface area (Å²) in [5, 5.41) is 8.69. The second-order valence-corrected chi connectivity index (χ2v) is 5.86. The number of esters is 1. The Hall–Kier alpha value is -3.66. The molecule has 3 rings (SSSR count). The van der Waals surface area contributed by atoms with E-state index in [0.717, 1.165) is 12.1 Å². The van der Waals surface area contributed by atoms with E-state index < -0.39 is 40.4 Å². The normalized spacial score (nSPS) is 10.4. The Labute approximate surface area is 157 Å². The predicted molar refractivity (Wildman–Crippen MR) is 93.2 cm³/mol. The highest BCUT2D eigenvalue weighted by atomic mass is 19.1. The van der Waals surface area contributed by atoms with E-state index in [2.05, 4.69) is 0 Å². The van der Waals surface area contributed by atoms with Gasteiger partial charge in [0.2, 0.25) is 0 Å². The van der Waals surface area contributed by atoms with Crippen molar-refractivity contribution < 1.29 is 27.1 Å². The molecule has 140 valence electrons. The molecule has 28 heavy (non-hydrogen) atoms. The molecular formula is C21H11F4NO2. The van der Waals surface area contributed by atoms with Gasteiger partial charge in [-0.15, -0.1) is 0 Å². The Morgan fingerprint density at radius 1 is 0.821 bits per heavy atom. The highest BCUT2D eigenvalue weighted by molar-refractivity contribution is 5.73. The van der Waals surface area contributed by atoms with Gasteiger partial charge in [-0.1, -0.05) is 12.1 Å². The molecule has 0 aliphatic rings. The van der Waals surface area contributed by atoms with Gasteiger partial charge in [-0.05, 0) is 53.1 Å². The van der Waals surface area contributed by atoms with E-state index in [-0.39, 0.29) is 16.9 Å². The minimum Gasteiger partial charge on any atom is -0.427 e. The Kier molecular flexibility index (Phi) is 5.14. The number of rotatable bonds is 3. The topological polar surface area (TPSA) is 50.1 Å². The Morgan fingerprint density at radius 3 is 1.79 bits per heavy atom. The van der Waals surface area contributed by atoms with E-state index >= 15 is 0 Å². The van der Waals surface area contributed by atoms with E-state index in [1.165, 1.54) is 37.3 Å². The minimum absolute atomic E-state index is 0.183. The smallest absolute Gasteiger partial charge is 0.308 e. The molecular weight excluding hydrogens is 374 g/mol. The molecule has 0 atom stereocenters. The summed E-state index contributed by atoms with van der Waals surface area (Å²) < 4.78 is 61.6. The van der Waals surface area contributed by atoms with Crippen molar-refractivity contribution in [1.82, 2.24) is 0 Å². The quantitative estimate of drug-likeness (QED) is 0.346. The average molecular weight is 385 g/mol. The monoisotopic (exact) mass is 385 g/mol. The van der Waals surface area contributed by atoms with Crippen LogP contribution in [-0.4, -0.2) is 5.97 Å². The molecule has 0 aromatic heterocycles. The Bertz CT molecular complexity index is 1070. The van der Waals surface area contributed by atoms with Crippen molar-refractivity contribution in [2.45, 2.75) is 6.92 Å². The highest BCUT2D eigenvalue weighted by Crippen LogP contribution is 2.33. The zero-order valence-electron chi connectivity index (χ0n) is 14.4. The lowest BCUT2D eigenvalue weighted by Gasteiger charge is -2.10. The molecule has 0 fully saturated rings. The number of carbonyl (C=O) groups excluding carboxylic acids is 1. The van der Waals surface area contributed by atoms with Crippen LogP contribution in [0.15, 0.2) is 48.5 Å². The maximum atomic E-state index is 14.6. The fourth-order valence-corrected chi connectivity index (χ4v) is 2.72. The highest BCUT2D eigenvalue weighted by Gasteiger charge is 2.18. The van der Waals surface area contributed by atoms with Gasteiger partial charge in [-0.2, -0.15) is 5.26 Å². The second-order valence-electron chi connectivity index (χ2n) is 5.86. The van der Waals surface area contributed by atoms with Gasteiger partial charge in [0.15, 0.2) is 0 Å². The summed E-state index contributed by atoms with van der Waals surface area (Å²) in [5.74, 6) is -4.69. The van der Waals surface area contributed by atoms with Gasteiger partial charge in [-0.3, -0.25) is 4.79 Å². The van der Waals surface area contributed by atoms with Crippen LogP contribution in [0.25, 0.3) is 22.3 Å².